The highest BCUT2D eigenvalue weighted by atomic mass is 16.5. The van der Waals surface area contributed by atoms with Gasteiger partial charge in [-0.1, -0.05) is 6.92 Å². The van der Waals surface area contributed by atoms with Gasteiger partial charge in [-0.3, -0.25) is 9.59 Å². The van der Waals surface area contributed by atoms with Gasteiger partial charge in [0, 0.05) is 20.7 Å². The van der Waals surface area contributed by atoms with Crippen molar-refractivity contribution in [2.45, 2.75) is 25.8 Å². The topological polar surface area (TPSA) is 84.7 Å². The van der Waals surface area contributed by atoms with E-state index in [1.807, 2.05) is 6.92 Å². The van der Waals surface area contributed by atoms with Crippen molar-refractivity contribution >= 4 is 11.8 Å². The Kier molecular flexibility index (Phi) is 6.75. The molecule has 0 bridgehead atoms. The zero-order valence-corrected chi connectivity index (χ0v) is 11.1. The van der Waals surface area contributed by atoms with Crippen LogP contribution in [-0.4, -0.2) is 56.1 Å². The Hall–Kier alpha value is -1.14. The molecule has 0 aromatic heterocycles. The molecule has 0 spiro atoms. The smallest absolute Gasteiger partial charge is 0.242 e. The summed E-state index contributed by atoms with van der Waals surface area (Å²) < 4.78 is 4.80. The first-order chi connectivity index (χ1) is 7.85. The van der Waals surface area contributed by atoms with Gasteiger partial charge in [0.15, 0.2) is 0 Å². The minimum Gasteiger partial charge on any atom is -0.383 e. The van der Waals surface area contributed by atoms with Crippen LogP contribution in [0.2, 0.25) is 0 Å². The van der Waals surface area contributed by atoms with Crippen molar-refractivity contribution < 1.29 is 14.3 Å². The SMILES string of the molecule is CCC(C)(N)C(=O)N(C)CC(=O)NCCOC. The van der Waals surface area contributed by atoms with Crippen molar-refractivity contribution in [1.82, 2.24) is 10.2 Å². The summed E-state index contributed by atoms with van der Waals surface area (Å²) >= 11 is 0. The highest BCUT2D eigenvalue weighted by Gasteiger charge is 2.29. The summed E-state index contributed by atoms with van der Waals surface area (Å²) in [5.41, 5.74) is 4.90. The quantitative estimate of drug-likeness (QED) is 0.583. The molecule has 0 aliphatic rings. The van der Waals surface area contributed by atoms with E-state index in [0.717, 1.165) is 0 Å². The molecule has 0 radical (unpaired) electrons. The lowest BCUT2D eigenvalue weighted by atomic mass is 9.99. The van der Waals surface area contributed by atoms with Gasteiger partial charge in [-0.2, -0.15) is 0 Å². The lowest BCUT2D eigenvalue weighted by molar-refractivity contribution is -0.138. The summed E-state index contributed by atoms with van der Waals surface area (Å²) in [6.45, 7) is 4.40. The number of likely N-dealkylation sites (N-methyl/N-ethyl adjacent to an activating group) is 1. The zero-order valence-electron chi connectivity index (χ0n) is 11.1. The Balaban J connectivity index is 4.12. The molecular formula is C11H23N3O3. The van der Waals surface area contributed by atoms with Crippen LogP contribution in [0.4, 0.5) is 0 Å². The number of hydrogen-bond donors (Lipinski definition) is 2. The van der Waals surface area contributed by atoms with Gasteiger partial charge < -0.3 is 20.7 Å². The Morgan fingerprint density at radius 3 is 2.53 bits per heavy atom. The van der Waals surface area contributed by atoms with Gasteiger partial charge in [-0.15, -0.1) is 0 Å². The van der Waals surface area contributed by atoms with Crippen LogP contribution < -0.4 is 11.1 Å². The Labute approximate surface area is 102 Å². The number of carbonyl (C=O) groups excluding carboxylic acids is 2. The van der Waals surface area contributed by atoms with Crippen LogP contribution in [0.1, 0.15) is 20.3 Å². The molecule has 0 saturated carbocycles. The second kappa shape index (κ2) is 7.24. The summed E-state index contributed by atoms with van der Waals surface area (Å²) in [4.78, 5) is 24.6. The highest BCUT2D eigenvalue weighted by Crippen LogP contribution is 2.08. The minimum atomic E-state index is -0.915. The fourth-order valence-electron chi connectivity index (χ4n) is 1.22. The number of rotatable bonds is 7. The summed E-state index contributed by atoms with van der Waals surface area (Å²) in [5, 5.41) is 2.64. The molecule has 0 aliphatic heterocycles. The van der Waals surface area contributed by atoms with E-state index in [9.17, 15) is 9.59 Å². The van der Waals surface area contributed by atoms with Gasteiger partial charge in [-0.05, 0) is 13.3 Å². The van der Waals surface area contributed by atoms with Gasteiger partial charge >= 0.3 is 0 Å². The Morgan fingerprint density at radius 2 is 2.06 bits per heavy atom. The van der Waals surface area contributed by atoms with Crippen molar-refractivity contribution in [3.8, 4) is 0 Å². The van der Waals surface area contributed by atoms with Crippen LogP contribution >= 0.6 is 0 Å². The summed E-state index contributed by atoms with van der Waals surface area (Å²) in [6.07, 6.45) is 0.529. The molecule has 0 aromatic carbocycles. The molecule has 1 unspecified atom stereocenters. The van der Waals surface area contributed by atoms with E-state index in [1.54, 1.807) is 21.1 Å². The predicted octanol–water partition coefficient (Wildman–Crippen LogP) is -0.665. The maximum atomic E-state index is 11.9. The zero-order chi connectivity index (χ0) is 13.5. The average Bonchev–Trinajstić information content (AvgIpc) is 2.28. The van der Waals surface area contributed by atoms with Crippen molar-refractivity contribution in [3.05, 3.63) is 0 Å². The molecule has 0 fully saturated rings. The standard InChI is InChI=1S/C11H23N3O3/c1-5-11(2,12)10(16)14(3)8-9(15)13-6-7-17-4/h5-8,12H2,1-4H3,(H,13,15). The lowest BCUT2D eigenvalue weighted by Crippen LogP contribution is -2.53. The summed E-state index contributed by atoms with van der Waals surface area (Å²) in [5.74, 6) is -0.452. The monoisotopic (exact) mass is 245 g/mol. The largest absolute Gasteiger partial charge is 0.383 e. The van der Waals surface area contributed by atoms with E-state index in [0.29, 0.717) is 19.6 Å². The molecule has 0 rings (SSSR count). The van der Waals surface area contributed by atoms with Crippen molar-refractivity contribution in [3.63, 3.8) is 0 Å². The van der Waals surface area contributed by atoms with Crippen molar-refractivity contribution in [1.29, 1.82) is 0 Å². The van der Waals surface area contributed by atoms with Crippen LogP contribution in [-0.2, 0) is 14.3 Å². The maximum absolute atomic E-state index is 11.9. The maximum Gasteiger partial charge on any atom is 0.242 e. The summed E-state index contributed by atoms with van der Waals surface area (Å²) in [6, 6.07) is 0. The van der Waals surface area contributed by atoms with Crippen LogP contribution in [0.5, 0.6) is 0 Å². The number of methoxy groups -OCH3 is 1. The number of carbonyl (C=O) groups is 2. The van der Waals surface area contributed by atoms with E-state index in [4.69, 9.17) is 10.5 Å². The number of nitrogens with zero attached hydrogens (tertiary/aromatic N) is 1. The van der Waals surface area contributed by atoms with E-state index >= 15 is 0 Å². The van der Waals surface area contributed by atoms with E-state index in [1.165, 1.54) is 4.90 Å². The van der Waals surface area contributed by atoms with Crippen LogP contribution in [0, 0.1) is 0 Å². The summed E-state index contributed by atoms with van der Waals surface area (Å²) in [7, 11) is 3.13. The average molecular weight is 245 g/mol. The Morgan fingerprint density at radius 1 is 1.47 bits per heavy atom. The first-order valence-corrected chi connectivity index (χ1v) is 5.65. The van der Waals surface area contributed by atoms with Gasteiger partial charge in [0.25, 0.3) is 0 Å². The molecule has 0 aromatic rings. The third kappa shape index (κ3) is 5.65. The van der Waals surface area contributed by atoms with Crippen LogP contribution in [0.3, 0.4) is 0 Å². The third-order valence-corrected chi connectivity index (χ3v) is 2.58. The Bertz CT molecular complexity index is 267. The van der Waals surface area contributed by atoms with E-state index in [-0.39, 0.29) is 18.4 Å². The molecule has 0 heterocycles. The predicted molar refractivity (Wildman–Crippen MR) is 65.4 cm³/mol. The molecule has 1 atom stereocenters. The fraction of sp³-hybridized carbons (Fsp3) is 0.818. The highest BCUT2D eigenvalue weighted by molar-refractivity contribution is 5.89. The van der Waals surface area contributed by atoms with Crippen molar-refractivity contribution in [2.75, 3.05) is 33.9 Å². The number of hydrogen-bond acceptors (Lipinski definition) is 4. The number of ether oxygens (including phenoxy) is 1. The van der Waals surface area contributed by atoms with Gasteiger partial charge in [0.1, 0.15) is 0 Å². The van der Waals surface area contributed by atoms with E-state index in [2.05, 4.69) is 5.32 Å². The molecule has 0 saturated heterocycles. The molecular weight excluding hydrogens is 222 g/mol. The third-order valence-electron chi connectivity index (χ3n) is 2.58. The number of amides is 2. The van der Waals surface area contributed by atoms with Gasteiger partial charge in [-0.25, -0.2) is 0 Å². The normalized spacial score (nSPS) is 13.9. The van der Waals surface area contributed by atoms with Gasteiger partial charge in [0.05, 0.1) is 18.7 Å². The first kappa shape index (κ1) is 15.9. The minimum absolute atomic E-state index is 0.00926. The van der Waals surface area contributed by atoms with Crippen molar-refractivity contribution in [2.24, 2.45) is 5.73 Å². The second-order valence-electron chi connectivity index (χ2n) is 4.27. The van der Waals surface area contributed by atoms with Crippen LogP contribution in [0.15, 0.2) is 0 Å². The number of nitrogens with two attached hydrogens (primary N) is 1. The molecule has 2 amide bonds. The molecule has 100 valence electrons. The van der Waals surface area contributed by atoms with Crippen LogP contribution in [0.25, 0.3) is 0 Å². The fourth-order valence-corrected chi connectivity index (χ4v) is 1.22. The number of nitrogens with one attached hydrogen (secondary N) is 1. The second-order valence-corrected chi connectivity index (χ2v) is 4.27. The molecule has 3 N–H and O–H groups in total. The molecule has 6 heteroatoms. The molecule has 17 heavy (non-hydrogen) atoms. The van der Waals surface area contributed by atoms with E-state index < -0.39 is 5.54 Å². The van der Waals surface area contributed by atoms with Gasteiger partial charge in [0.2, 0.25) is 11.8 Å². The lowest BCUT2D eigenvalue weighted by Gasteiger charge is -2.27. The molecule has 0 aliphatic carbocycles. The first-order valence-electron chi connectivity index (χ1n) is 5.65. The molecule has 6 nitrogen and oxygen atoms in total.